The molecule has 0 N–H and O–H groups in total. The van der Waals surface area contributed by atoms with E-state index in [2.05, 4.69) is 6.92 Å². The molecule has 0 amide bonds. The van der Waals surface area contributed by atoms with Gasteiger partial charge < -0.3 is 0 Å². The van der Waals surface area contributed by atoms with Gasteiger partial charge in [-0.05, 0) is 18.6 Å². The molecule has 5 heteroatoms. The molecule has 72 valence electrons. The number of hydrogen-bond acceptors (Lipinski definition) is 4. The standard InChI is InChI=1S/C7H14O3S2/c1-3-11-7-4-6(5-7)10-12(2,8)9/h6-7H,3-5H2,1-2H3. The molecule has 0 heterocycles. The molecular formula is C7H14O3S2. The molecule has 0 radical (unpaired) electrons. The fourth-order valence-corrected chi connectivity index (χ4v) is 3.04. The van der Waals surface area contributed by atoms with Crippen LogP contribution in [0.1, 0.15) is 19.8 Å². The summed E-state index contributed by atoms with van der Waals surface area (Å²) < 4.78 is 26.1. The van der Waals surface area contributed by atoms with E-state index < -0.39 is 10.1 Å². The van der Waals surface area contributed by atoms with Crippen molar-refractivity contribution in [3.8, 4) is 0 Å². The summed E-state index contributed by atoms with van der Waals surface area (Å²) in [5.41, 5.74) is 0. The molecule has 1 aliphatic rings. The van der Waals surface area contributed by atoms with Crippen molar-refractivity contribution in [1.82, 2.24) is 0 Å². The topological polar surface area (TPSA) is 43.4 Å². The minimum absolute atomic E-state index is 0.0518. The largest absolute Gasteiger partial charge is 0.267 e. The van der Waals surface area contributed by atoms with Crippen molar-refractivity contribution in [1.29, 1.82) is 0 Å². The zero-order chi connectivity index (χ0) is 9.19. The second kappa shape index (κ2) is 3.98. The molecule has 0 aromatic rings. The van der Waals surface area contributed by atoms with E-state index >= 15 is 0 Å². The molecular weight excluding hydrogens is 196 g/mol. The molecule has 1 fully saturated rings. The predicted molar refractivity (Wildman–Crippen MR) is 50.9 cm³/mol. The van der Waals surface area contributed by atoms with E-state index in [0.717, 1.165) is 24.9 Å². The highest BCUT2D eigenvalue weighted by atomic mass is 32.2. The average Bonchev–Trinajstić information content (AvgIpc) is 1.80. The second-order valence-electron chi connectivity index (χ2n) is 2.97. The van der Waals surface area contributed by atoms with E-state index in [4.69, 9.17) is 4.18 Å². The van der Waals surface area contributed by atoms with Crippen molar-refractivity contribution in [2.75, 3.05) is 12.0 Å². The monoisotopic (exact) mass is 210 g/mol. The Hall–Kier alpha value is 0.260. The Morgan fingerprint density at radius 3 is 2.50 bits per heavy atom. The van der Waals surface area contributed by atoms with Gasteiger partial charge in [-0.15, -0.1) is 0 Å². The highest BCUT2D eigenvalue weighted by molar-refractivity contribution is 7.99. The highest BCUT2D eigenvalue weighted by Crippen LogP contribution is 2.34. The lowest BCUT2D eigenvalue weighted by molar-refractivity contribution is 0.135. The Kier molecular flexibility index (Phi) is 3.43. The van der Waals surface area contributed by atoms with Gasteiger partial charge in [-0.3, -0.25) is 4.18 Å². The molecule has 0 unspecified atom stereocenters. The summed E-state index contributed by atoms with van der Waals surface area (Å²) in [5, 5.41) is 0.613. The Balaban J connectivity index is 2.18. The highest BCUT2D eigenvalue weighted by Gasteiger charge is 2.32. The Bertz CT molecular complexity index is 229. The molecule has 3 nitrogen and oxygen atoms in total. The van der Waals surface area contributed by atoms with Crippen LogP contribution >= 0.6 is 11.8 Å². The lowest BCUT2D eigenvalue weighted by atomic mass is 9.96. The van der Waals surface area contributed by atoms with Crippen LogP contribution in [0.25, 0.3) is 0 Å². The van der Waals surface area contributed by atoms with Crippen LogP contribution in [0.2, 0.25) is 0 Å². The SMILES string of the molecule is CCSC1CC(OS(C)(=O)=O)C1. The maximum atomic E-state index is 10.7. The van der Waals surface area contributed by atoms with E-state index in [1.165, 1.54) is 0 Å². The first kappa shape index (κ1) is 10.3. The van der Waals surface area contributed by atoms with Crippen LogP contribution in [0, 0.1) is 0 Å². The maximum absolute atomic E-state index is 10.7. The van der Waals surface area contributed by atoms with E-state index in [1.54, 1.807) is 0 Å². The van der Waals surface area contributed by atoms with Crippen LogP contribution in [0.4, 0.5) is 0 Å². The van der Waals surface area contributed by atoms with E-state index in [1.807, 2.05) is 11.8 Å². The minimum Gasteiger partial charge on any atom is -0.267 e. The fraction of sp³-hybridized carbons (Fsp3) is 1.00. The normalized spacial score (nSPS) is 29.8. The van der Waals surface area contributed by atoms with Crippen LogP contribution in [0.15, 0.2) is 0 Å². The molecule has 0 atom stereocenters. The van der Waals surface area contributed by atoms with Gasteiger partial charge in [-0.25, -0.2) is 0 Å². The minimum atomic E-state index is -3.23. The van der Waals surface area contributed by atoms with E-state index in [-0.39, 0.29) is 6.10 Å². The van der Waals surface area contributed by atoms with Gasteiger partial charge in [0.05, 0.1) is 12.4 Å². The van der Waals surface area contributed by atoms with E-state index in [9.17, 15) is 8.42 Å². The third kappa shape index (κ3) is 3.33. The lowest BCUT2D eigenvalue weighted by Gasteiger charge is -2.33. The molecule has 0 spiro atoms. The molecule has 12 heavy (non-hydrogen) atoms. The first-order chi connectivity index (χ1) is 5.51. The summed E-state index contributed by atoms with van der Waals surface area (Å²) in [5.74, 6) is 1.09. The summed E-state index contributed by atoms with van der Waals surface area (Å²) in [6.45, 7) is 2.11. The van der Waals surface area contributed by atoms with Crippen molar-refractivity contribution < 1.29 is 12.6 Å². The zero-order valence-electron chi connectivity index (χ0n) is 7.32. The Morgan fingerprint density at radius 2 is 2.08 bits per heavy atom. The van der Waals surface area contributed by atoms with Crippen LogP contribution < -0.4 is 0 Å². The van der Waals surface area contributed by atoms with Crippen molar-refractivity contribution in [2.24, 2.45) is 0 Å². The predicted octanol–water partition coefficient (Wildman–Crippen LogP) is 1.25. The lowest BCUT2D eigenvalue weighted by Crippen LogP contribution is -2.35. The molecule has 1 aliphatic carbocycles. The third-order valence-electron chi connectivity index (χ3n) is 1.76. The van der Waals surface area contributed by atoms with Gasteiger partial charge in [0.2, 0.25) is 0 Å². The first-order valence-electron chi connectivity index (χ1n) is 4.01. The zero-order valence-corrected chi connectivity index (χ0v) is 8.95. The first-order valence-corrected chi connectivity index (χ1v) is 6.87. The average molecular weight is 210 g/mol. The third-order valence-corrected chi connectivity index (χ3v) is 3.58. The molecule has 0 saturated heterocycles. The van der Waals surface area contributed by atoms with Gasteiger partial charge in [0, 0.05) is 5.25 Å². The molecule has 0 aliphatic heterocycles. The van der Waals surface area contributed by atoms with E-state index in [0.29, 0.717) is 5.25 Å². The van der Waals surface area contributed by atoms with Crippen molar-refractivity contribution in [2.45, 2.75) is 31.1 Å². The summed E-state index contributed by atoms with van der Waals surface area (Å²) in [6.07, 6.45) is 2.81. The fourth-order valence-electron chi connectivity index (χ4n) is 1.21. The van der Waals surface area contributed by atoms with Crippen LogP contribution in [0.5, 0.6) is 0 Å². The molecule has 0 bridgehead atoms. The summed E-state index contributed by atoms with van der Waals surface area (Å²) in [6, 6.07) is 0. The van der Waals surface area contributed by atoms with Gasteiger partial charge >= 0.3 is 0 Å². The quantitative estimate of drug-likeness (QED) is 0.655. The molecule has 1 saturated carbocycles. The van der Waals surface area contributed by atoms with Crippen molar-refractivity contribution in [3.05, 3.63) is 0 Å². The Labute approximate surface area is 78.0 Å². The number of hydrogen-bond donors (Lipinski definition) is 0. The van der Waals surface area contributed by atoms with Gasteiger partial charge in [0.25, 0.3) is 10.1 Å². The van der Waals surface area contributed by atoms with Crippen molar-refractivity contribution >= 4 is 21.9 Å². The van der Waals surface area contributed by atoms with Gasteiger partial charge in [-0.2, -0.15) is 20.2 Å². The number of rotatable bonds is 4. The van der Waals surface area contributed by atoms with Crippen LogP contribution in [-0.4, -0.2) is 31.8 Å². The Morgan fingerprint density at radius 1 is 1.50 bits per heavy atom. The maximum Gasteiger partial charge on any atom is 0.264 e. The summed E-state index contributed by atoms with van der Waals surface area (Å²) >= 11 is 1.87. The van der Waals surface area contributed by atoms with Gasteiger partial charge in [0.1, 0.15) is 0 Å². The van der Waals surface area contributed by atoms with Gasteiger partial charge in [-0.1, -0.05) is 6.92 Å². The van der Waals surface area contributed by atoms with Crippen LogP contribution in [-0.2, 0) is 14.3 Å². The smallest absolute Gasteiger partial charge is 0.264 e. The summed E-state index contributed by atoms with van der Waals surface area (Å²) in [7, 11) is -3.23. The molecule has 1 rings (SSSR count). The molecule has 0 aromatic heterocycles. The van der Waals surface area contributed by atoms with Gasteiger partial charge in [0.15, 0.2) is 0 Å². The molecule has 0 aromatic carbocycles. The second-order valence-corrected chi connectivity index (χ2v) is 6.15. The number of thioether (sulfide) groups is 1. The van der Waals surface area contributed by atoms with Crippen molar-refractivity contribution in [3.63, 3.8) is 0 Å². The van der Waals surface area contributed by atoms with Crippen LogP contribution in [0.3, 0.4) is 0 Å². The summed E-state index contributed by atoms with van der Waals surface area (Å²) in [4.78, 5) is 0.